The summed E-state index contributed by atoms with van der Waals surface area (Å²) in [6, 6.07) is 11.7. The molecule has 10 nitrogen and oxygen atoms in total. The molecule has 2 aromatic rings. The first-order valence-corrected chi connectivity index (χ1v) is 12.8. The molecule has 1 atom stereocenters. The van der Waals surface area contributed by atoms with Crippen LogP contribution in [0.5, 0.6) is 11.5 Å². The van der Waals surface area contributed by atoms with Crippen LogP contribution in [-0.2, 0) is 14.3 Å². The Labute approximate surface area is 227 Å². The lowest BCUT2D eigenvalue weighted by molar-refractivity contribution is -0.139. The number of hydrazone groups is 1. The molecule has 2 aromatic carbocycles. The predicted molar refractivity (Wildman–Crippen MR) is 150 cm³/mol. The number of benzene rings is 2. The number of nitrogens with zero attached hydrogens (tertiary/aromatic N) is 2. The molecule has 1 amide bonds. The number of hydrogen-bond donors (Lipinski definition) is 4. The summed E-state index contributed by atoms with van der Waals surface area (Å²) >= 11 is 5.29. The van der Waals surface area contributed by atoms with Gasteiger partial charge in [0.05, 0.1) is 24.4 Å². The van der Waals surface area contributed by atoms with Gasteiger partial charge in [0.15, 0.2) is 11.7 Å². The second-order valence-electron chi connectivity index (χ2n) is 8.33. The fraction of sp³-hybridized carbons (Fsp3) is 0.333. The highest BCUT2D eigenvalue weighted by molar-refractivity contribution is 7.80. The highest BCUT2D eigenvalue weighted by atomic mass is 32.1. The fourth-order valence-electron chi connectivity index (χ4n) is 4.03. The van der Waals surface area contributed by atoms with E-state index in [1.54, 1.807) is 50.2 Å². The van der Waals surface area contributed by atoms with Crippen molar-refractivity contribution >= 4 is 41.1 Å². The third kappa shape index (κ3) is 7.00. The first-order chi connectivity index (χ1) is 18.3. The summed E-state index contributed by atoms with van der Waals surface area (Å²) in [5.74, 6) is -0.520. The molecule has 1 aliphatic rings. The van der Waals surface area contributed by atoms with E-state index in [9.17, 15) is 14.7 Å². The monoisotopic (exact) mass is 539 g/mol. The lowest BCUT2D eigenvalue weighted by atomic mass is 9.95. The number of phenols is 1. The first kappa shape index (κ1) is 28.5. The van der Waals surface area contributed by atoms with Gasteiger partial charge in [-0.15, -0.1) is 0 Å². The van der Waals surface area contributed by atoms with E-state index in [0.29, 0.717) is 33.3 Å². The molecule has 1 heterocycles. The number of carbonyl (C=O) groups is 2. The number of rotatable bonds is 11. The molecule has 0 aromatic heterocycles. The Hall–Kier alpha value is -4.12. The van der Waals surface area contributed by atoms with Crippen LogP contribution in [0.3, 0.4) is 0 Å². The Morgan fingerprint density at radius 3 is 2.61 bits per heavy atom. The van der Waals surface area contributed by atoms with E-state index in [1.807, 2.05) is 19.9 Å². The Morgan fingerprint density at radius 1 is 1.18 bits per heavy atom. The van der Waals surface area contributed by atoms with Gasteiger partial charge in [-0.05, 0) is 58.1 Å². The summed E-state index contributed by atoms with van der Waals surface area (Å²) < 4.78 is 11.0. The molecule has 0 saturated heterocycles. The Kier molecular flexibility index (Phi) is 10.1. The highest BCUT2D eigenvalue weighted by Crippen LogP contribution is 2.33. The van der Waals surface area contributed by atoms with E-state index >= 15 is 0 Å². The number of anilines is 1. The molecule has 0 unspecified atom stereocenters. The van der Waals surface area contributed by atoms with Crippen LogP contribution < -0.4 is 25.7 Å². The minimum absolute atomic E-state index is 0.0608. The van der Waals surface area contributed by atoms with Crippen LogP contribution in [0.1, 0.15) is 44.9 Å². The number of nitrogens with one attached hydrogen (secondary N) is 3. The fourth-order valence-corrected chi connectivity index (χ4v) is 4.30. The van der Waals surface area contributed by atoms with Gasteiger partial charge in [-0.2, -0.15) is 5.10 Å². The molecule has 38 heavy (non-hydrogen) atoms. The van der Waals surface area contributed by atoms with Gasteiger partial charge in [-0.25, -0.2) is 10.2 Å². The molecule has 4 N–H and O–H groups in total. The Bertz CT molecular complexity index is 1240. The molecule has 11 heteroatoms. The van der Waals surface area contributed by atoms with Crippen molar-refractivity contribution in [2.24, 2.45) is 5.10 Å². The zero-order valence-corrected chi connectivity index (χ0v) is 22.7. The normalized spacial score (nSPS) is 15.1. The number of aromatic hydroxyl groups is 1. The van der Waals surface area contributed by atoms with Crippen LogP contribution in [0.25, 0.3) is 0 Å². The number of allylic oxidation sites excluding steroid dienone is 1. The van der Waals surface area contributed by atoms with E-state index in [0.717, 1.165) is 18.8 Å². The maximum absolute atomic E-state index is 12.7. The summed E-state index contributed by atoms with van der Waals surface area (Å²) in [7, 11) is 0. The lowest BCUT2D eigenvalue weighted by Gasteiger charge is -2.30. The summed E-state index contributed by atoms with van der Waals surface area (Å²) in [4.78, 5) is 27.2. The number of thiocarbonyl (C=S) groups is 1. The molecule has 0 bridgehead atoms. The topological polar surface area (TPSA) is 125 Å². The molecule has 0 fully saturated rings. The molecular formula is C27H33N5O5S. The van der Waals surface area contributed by atoms with Crippen LogP contribution in [0.4, 0.5) is 5.69 Å². The number of amides is 1. The largest absolute Gasteiger partial charge is 0.507 e. The summed E-state index contributed by atoms with van der Waals surface area (Å²) in [6.07, 6.45) is 1.37. The number of hydrogen-bond acceptors (Lipinski definition) is 8. The van der Waals surface area contributed by atoms with Gasteiger partial charge >= 0.3 is 5.97 Å². The number of phenolic OH excluding ortho intramolecular Hbond substituents is 1. The molecule has 0 saturated carbocycles. The first-order valence-electron chi connectivity index (χ1n) is 12.4. The SMILES string of the molecule is CCOC(=O)C1=C(C)NC(=S)N[C@@H]1c1ccccc1OCC(=O)NN=Cc1ccc(N(CC)CC)cc1O. The minimum atomic E-state index is -0.623. The number of carbonyl (C=O) groups excluding carboxylic acids is 2. The minimum Gasteiger partial charge on any atom is -0.507 e. The zero-order valence-electron chi connectivity index (χ0n) is 21.9. The van der Waals surface area contributed by atoms with Crippen LogP contribution in [-0.4, -0.2) is 54.6 Å². The van der Waals surface area contributed by atoms with Crippen molar-refractivity contribution in [3.63, 3.8) is 0 Å². The van der Waals surface area contributed by atoms with E-state index in [-0.39, 0.29) is 19.0 Å². The van der Waals surface area contributed by atoms with Crippen molar-refractivity contribution in [2.75, 3.05) is 31.2 Å². The number of ether oxygens (including phenoxy) is 2. The van der Waals surface area contributed by atoms with Crippen molar-refractivity contribution in [2.45, 2.75) is 33.7 Å². The van der Waals surface area contributed by atoms with Gasteiger partial charge in [0.1, 0.15) is 11.5 Å². The summed E-state index contributed by atoms with van der Waals surface area (Å²) in [5, 5.41) is 20.7. The van der Waals surface area contributed by atoms with Crippen molar-refractivity contribution in [1.29, 1.82) is 0 Å². The standard InChI is InChI=1S/C27H33N5O5S/c1-5-32(6-2)19-13-12-18(21(33)14-19)15-28-31-23(34)16-37-22-11-9-8-10-20(22)25-24(26(35)36-7-3)17(4)29-27(38)30-25/h8-15,25,33H,5-7,16H2,1-4H3,(H,31,34)(H2,29,30,38)/t25-/m1/s1. The van der Waals surface area contributed by atoms with Gasteiger partial charge in [-0.1, -0.05) is 18.2 Å². The average molecular weight is 540 g/mol. The third-order valence-corrected chi connectivity index (χ3v) is 6.11. The van der Waals surface area contributed by atoms with Crippen molar-refractivity contribution in [1.82, 2.24) is 16.1 Å². The van der Waals surface area contributed by atoms with Gasteiger partial charge in [0.25, 0.3) is 5.91 Å². The number of esters is 1. The average Bonchev–Trinajstić information content (AvgIpc) is 2.89. The second kappa shape index (κ2) is 13.4. The zero-order chi connectivity index (χ0) is 27.7. The Balaban J connectivity index is 1.68. The van der Waals surface area contributed by atoms with Crippen LogP contribution in [0.2, 0.25) is 0 Å². The second-order valence-corrected chi connectivity index (χ2v) is 8.73. The third-order valence-electron chi connectivity index (χ3n) is 5.89. The van der Waals surface area contributed by atoms with E-state index in [1.165, 1.54) is 6.21 Å². The Morgan fingerprint density at radius 2 is 1.92 bits per heavy atom. The van der Waals surface area contributed by atoms with Crippen LogP contribution in [0, 0.1) is 0 Å². The smallest absolute Gasteiger partial charge is 0.338 e. The molecule has 0 aliphatic carbocycles. The van der Waals surface area contributed by atoms with Gasteiger partial charge < -0.3 is 30.1 Å². The maximum Gasteiger partial charge on any atom is 0.338 e. The van der Waals surface area contributed by atoms with Gasteiger partial charge in [0.2, 0.25) is 0 Å². The van der Waals surface area contributed by atoms with Crippen molar-refractivity contribution < 1.29 is 24.2 Å². The molecule has 1 aliphatic heterocycles. The number of para-hydroxylation sites is 1. The molecule has 202 valence electrons. The van der Waals surface area contributed by atoms with Gasteiger partial charge in [-0.3, -0.25) is 4.79 Å². The van der Waals surface area contributed by atoms with Crippen LogP contribution >= 0.6 is 12.2 Å². The summed E-state index contributed by atoms with van der Waals surface area (Å²) in [6.45, 7) is 9.11. The molecule has 0 spiro atoms. The van der Waals surface area contributed by atoms with Gasteiger partial charge in [0, 0.05) is 41.7 Å². The quantitative estimate of drug-likeness (QED) is 0.148. The molecule has 3 rings (SSSR count). The molecule has 0 radical (unpaired) electrons. The highest BCUT2D eigenvalue weighted by Gasteiger charge is 2.32. The van der Waals surface area contributed by atoms with Crippen molar-refractivity contribution in [3.8, 4) is 11.5 Å². The van der Waals surface area contributed by atoms with Crippen LogP contribution in [0.15, 0.2) is 58.8 Å². The lowest BCUT2D eigenvalue weighted by Crippen LogP contribution is -2.45. The van der Waals surface area contributed by atoms with E-state index in [4.69, 9.17) is 21.7 Å². The summed E-state index contributed by atoms with van der Waals surface area (Å²) in [5.41, 5.74) is 5.34. The predicted octanol–water partition coefficient (Wildman–Crippen LogP) is 3.12. The maximum atomic E-state index is 12.7. The van der Waals surface area contributed by atoms with Crippen molar-refractivity contribution in [3.05, 3.63) is 64.9 Å². The molecular weight excluding hydrogens is 506 g/mol. The van der Waals surface area contributed by atoms with E-state index < -0.39 is 17.9 Å². The van der Waals surface area contributed by atoms with E-state index in [2.05, 4.69) is 26.1 Å².